The van der Waals surface area contributed by atoms with Crippen LogP contribution in [0, 0.1) is 6.92 Å². The number of rotatable bonds is 9. The number of tetrazole rings is 1. The first kappa shape index (κ1) is 24.4. The topological polar surface area (TPSA) is 102 Å². The molecular weight excluding hydrogens is 456 g/mol. The minimum atomic E-state index is -0.506. The molecule has 5 rings (SSSR count). The fourth-order valence-electron chi connectivity index (χ4n) is 4.90. The average Bonchev–Trinajstić information content (AvgIpc) is 3.63. The molecule has 190 valence electrons. The molecule has 1 aliphatic rings. The number of nitrogens with zero attached hydrogens (tertiary/aromatic N) is 5. The maximum absolute atomic E-state index is 13.6. The Bertz CT molecular complexity index is 1370. The third-order valence-corrected chi connectivity index (χ3v) is 7.27. The summed E-state index contributed by atoms with van der Waals surface area (Å²) in [5, 5.41) is 13.9. The maximum Gasteiger partial charge on any atom is 0.253 e. The van der Waals surface area contributed by atoms with E-state index in [9.17, 15) is 4.79 Å². The molecule has 0 amide bonds. The van der Waals surface area contributed by atoms with Gasteiger partial charge in [-0.3, -0.25) is 9.69 Å². The van der Waals surface area contributed by atoms with Gasteiger partial charge in [-0.15, -0.1) is 5.10 Å². The van der Waals surface area contributed by atoms with Crippen LogP contribution in [0.3, 0.4) is 0 Å². The van der Waals surface area contributed by atoms with Crippen molar-refractivity contribution in [1.82, 2.24) is 30.1 Å². The summed E-state index contributed by atoms with van der Waals surface area (Å²) < 4.78 is 13.6. The number of aromatic amines is 1. The molecular formula is C27H34N6O3. The number of furan rings is 1. The zero-order valence-electron chi connectivity index (χ0n) is 21.4. The van der Waals surface area contributed by atoms with Gasteiger partial charge in [0.25, 0.3) is 5.56 Å². The maximum atomic E-state index is 13.6. The fourth-order valence-corrected chi connectivity index (χ4v) is 4.90. The second-order valence-electron chi connectivity index (χ2n) is 10.3. The average molecular weight is 491 g/mol. The van der Waals surface area contributed by atoms with Gasteiger partial charge in [0.2, 0.25) is 0 Å². The second kappa shape index (κ2) is 9.99. The lowest BCUT2D eigenvalue weighted by atomic mass is 9.98. The van der Waals surface area contributed by atoms with Gasteiger partial charge in [0.1, 0.15) is 11.8 Å². The van der Waals surface area contributed by atoms with Crippen molar-refractivity contribution in [2.75, 3.05) is 13.2 Å². The molecule has 1 fully saturated rings. The lowest BCUT2D eigenvalue weighted by molar-refractivity contribution is 0.0534. The van der Waals surface area contributed by atoms with E-state index in [4.69, 9.17) is 9.15 Å². The second-order valence-corrected chi connectivity index (χ2v) is 10.3. The van der Waals surface area contributed by atoms with Crippen LogP contribution in [0.1, 0.15) is 68.8 Å². The summed E-state index contributed by atoms with van der Waals surface area (Å²) in [5.41, 5.74) is 2.04. The minimum absolute atomic E-state index is 0.0627. The smallest absolute Gasteiger partial charge is 0.253 e. The molecule has 3 aromatic heterocycles. The van der Waals surface area contributed by atoms with Crippen molar-refractivity contribution < 1.29 is 9.15 Å². The van der Waals surface area contributed by atoms with E-state index in [1.165, 1.54) is 0 Å². The Labute approximate surface area is 210 Å². The van der Waals surface area contributed by atoms with Crippen molar-refractivity contribution in [2.45, 2.75) is 71.2 Å². The van der Waals surface area contributed by atoms with Crippen molar-refractivity contribution in [3.05, 3.63) is 75.7 Å². The van der Waals surface area contributed by atoms with E-state index in [0.29, 0.717) is 24.5 Å². The molecule has 2 atom stereocenters. The zero-order chi connectivity index (χ0) is 25.3. The highest BCUT2D eigenvalue weighted by molar-refractivity contribution is 5.79. The third kappa shape index (κ3) is 4.85. The molecule has 0 aliphatic carbocycles. The van der Waals surface area contributed by atoms with Gasteiger partial charge in [0, 0.05) is 24.2 Å². The van der Waals surface area contributed by atoms with Crippen molar-refractivity contribution in [3.8, 4) is 0 Å². The standard InChI is InChI=1S/C27H34N6O3/c1-5-27(3,4)33-25(29-30-31-33)24(22-15-19-14-18(2)10-11-23(19)28-26(22)34)32(16-20-8-6-12-35-20)17-21-9-7-13-36-21/h6,8,10-12,14-15,21,24H,5,7,9,13,16-17H2,1-4H3,(H,28,34). The van der Waals surface area contributed by atoms with Gasteiger partial charge in [0.05, 0.1) is 24.5 Å². The van der Waals surface area contributed by atoms with Crippen LogP contribution in [-0.2, 0) is 16.8 Å². The number of aryl methyl sites for hydroxylation is 1. The Morgan fingerprint density at radius 1 is 1.28 bits per heavy atom. The van der Waals surface area contributed by atoms with Gasteiger partial charge < -0.3 is 14.1 Å². The molecule has 9 nitrogen and oxygen atoms in total. The molecule has 1 saturated heterocycles. The summed E-state index contributed by atoms with van der Waals surface area (Å²) in [6, 6.07) is 11.3. The fraction of sp³-hybridized carbons (Fsp3) is 0.481. The molecule has 4 heterocycles. The van der Waals surface area contributed by atoms with Crippen molar-refractivity contribution in [2.24, 2.45) is 0 Å². The molecule has 4 aromatic rings. The molecule has 0 bridgehead atoms. The van der Waals surface area contributed by atoms with Gasteiger partial charge in [-0.05, 0) is 86.2 Å². The summed E-state index contributed by atoms with van der Waals surface area (Å²) in [6.45, 7) is 10.2. The van der Waals surface area contributed by atoms with Gasteiger partial charge in [-0.25, -0.2) is 4.68 Å². The van der Waals surface area contributed by atoms with E-state index in [2.05, 4.69) is 52.2 Å². The first-order valence-corrected chi connectivity index (χ1v) is 12.7. The summed E-state index contributed by atoms with van der Waals surface area (Å²) in [7, 11) is 0. The van der Waals surface area contributed by atoms with Crippen LogP contribution in [-0.4, -0.2) is 49.3 Å². The predicted molar refractivity (Wildman–Crippen MR) is 137 cm³/mol. The summed E-state index contributed by atoms with van der Waals surface area (Å²) >= 11 is 0. The molecule has 0 saturated carbocycles. The van der Waals surface area contributed by atoms with Crippen LogP contribution < -0.4 is 5.56 Å². The molecule has 9 heteroatoms. The molecule has 36 heavy (non-hydrogen) atoms. The van der Waals surface area contributed by atoms with Crippen molar-refractivity contribution >= 4 is 10.9 Å². The molecule has 0 radical (unpaired) electrons. The Morgan fingerprint density at radius 2 is 2.14 bits per heavy atom. The highest BCUT2D eigenvalue weighted by atomic mass is 16.5. The highest BCUT2D eigenvalue weighted by Crippen LogP contribution is 2.33. The van der Waals surface area contributed by atoms with Crippen LogP contribution in [0.5, 0.6) is 0 Å². The summed E-state index contributed by atoms with van der Waals surface area (Å²) in [4.78, 5) is 18.9. The number of hydrogen-bond acceptors (Lipinski definition) is 7. The van der Waals surface area contributed by atoms with Gasteiger partial charge in [0.15, 0.2) is 5.82 Å². The van der Waals surface area contributed by atoms with E-state index in [0.717, 1.165) is 48.1 Å². The molecule has 1 aromatic carbocycles. The lowest BCUT2D eigenvalue weighted by Crippen LogP contribution is -2.41. The largest absolute Gasteiger partial charge is 0.468 e. The summed E-state index contributed by atoms with van der Waals surface area (Å²) in [5.74, 6) is 1.43. The van der Waals surface area contributed by atoms with Crippen molar-refractivity contribution in [1.29, 1.82) is 0 Å². The van der Waals surface area contributed by atoms with Crippen LogP contribution in [0.2, 0.25) is 0 Å². The number of benzene rings is 1. The number of aromatic nitrogens is 5. The number of nitrogens with one attached hydrogen (secondary N) is 1. The first-order chi connectivity index (χ1) is 17.4. The predicted octanol–water partition coefficient (Wildman–Crippen LogP) is 4.33. The number of fused-ring (bicyclic) bond motifs is 1. The van der Waals surface area contributed by atoms with Crippen LogP contribution in [0.15, 0.2) is 51.9 Å². The van der Waals surface area contributed by atoms with Crippen molar-refractivity contribution in [3.63, 3.8) is 0 Å². The monoisotopic (exact) mass is 490 g/mol. The van der Waals surface area contributed by atoms with E-state index in [1.54, 1.807) is 6.26 Å². The van der Waals surface area contributed by atoms with E-state index >= 15 is 0 Å². The zero-order valence-corrected chi connectivity index (χ0v) is 21.4. The molecule has 1 aliphatic heterocycles. The summed E-state index contributed by atoms with van der Waals surface area (Å²) in [6.07, 6.45) is 4.56. The highest BCUT2D eigenvalue weighted by Gasteiger charge is 2.36. The lowest BCUT2D eigenvalue weighted by Gasteiger charge is -2.34. The van der Waals surface area contributed by atoms with E-state index in [1.807, 2.05) is 41.9 Å². The van der Waals surface area contributed by atoms with Crippen LogP contribution in [0.4, 0.5) is 0 Å². The number of hydrogen-bond donors (Lipinski definition) is 1. The third-order valence-electron chi connectivity index (χ3n) is 7.27. The Hall–Kier alpha value is -3.30. The van der Waals surface area contributed by atoms with E-state index < -0.39 is 6.04 Å². The van der Waals surface area contributed by atoms with E-state index in [-0.39, 0.29) is 17.2 Å². The number of ether oxygens (including phenoxy) is 1. The molecule has 0 spiro atoms. The Kier molecular flexibility index (Phi) is 6.77. The first-order valence-electron chi connectivity index (χ1n) is 12.7. The molecule has 1 N–H and O–H groups in total. The number of H-pyrrole nitrogens is 1. The van der Waals surface area contributed by atoms with Gasteiger partial charge >= 0.3 is 0 Å². The SMILES string of the molecule is CCC(C)(C)n1nnnc1C(c1cc2cc(C)ccc2[nH]c1=O)N(Cc1ccco1)CC1CCCO1. The Balaban J connectivity index is 1.70. The Morgan fingerprint density at radius 3 is 2.86 bits per heavy atom. The van der Waals surface area contributed by atoms with Crippen LogP contribution >= 0.6 is 0 Å². The number of pyridine rings is 1. The van der Waals surface area contributed by atoms with Crippen LogP contribution in [0.25, 0.3) is 10.9 Å². The van der Waals surface area contributed by atoms with Gasteiger partial charge in [-0.1, -0.05) is 18.6 Å². The van der Waals surface area contributed by atoms with Gasteiger partial charge in [-0.2, -0.15) is 0 Å². The minimum Gasteiger partial charge on any atom is -0.468 e. The quantitative estimate of drug-likeness (QED) is 0.372. The molecule has 2 unspecified atom stereocenters. The normalized spacial score (nSPS) is 17.3.